The van der Waals surface area contributed by atoms with Crippen molar-refractivity contribution in [3.8, 4) is 0 Å². The Balaban J connectivity index is 1.96. The molecule has 0 spiro atoms. The molecule has 1 aliphatic heterocycles. The van der Waals surface area contributed by atoms with E-state index in [9.17, 15) is 9.59 Å². The molecule has 0 bridgehead atoms. The lowest BCUT2D eigenvalue weighted by atomic mass is 10.0. The Morgan fingerprint density at radius 2 is 1.96 bits per heavy atom. The fourth-order valence-corrected chi connectivity index (χ4v) is 3.18. The van der Waals surface area contributed by atoms with Crippen molar-refractivity contribution >= 4 is 5.91 Å². The van der Waals surface area contributed by atoms with Crippen LogP contribution in [0.25, 0.3) is 0 Å². The van der Waals surface area contributed by atoms with E-state index in [0.717, 1.165) is 36.9 Å². The molecule has 3 heterocycles. The number of carbonyl (C=O) groups is 1. The van der Waals surface area contributed by atoms with Gasteiger partial charge in [-0.1, -0.05) is 12.8 Å². The van der Waals surface area contributed by atoms with Gasteiger partial charge in [0.25, 0.3) is 11.5 Å². The Bertz CT molecular complexity index is 739. The standard InChI is InChI=1S/C18H21N3O2/c1-13-6-7-15(17(22)20-13)18(23)21-12-4-2-3-5-16(21)14-8-10-19-11-9-14/h6-11,16H,2-5,12H2,1H3,(H,20,22)/t16-/m0/s1. The predicted molar refractivity (Wildman–Crippen MR) is 88.3 cm³/mol. The smallest absolute Gasteiger partial charge is 0.260 e. The first-order valence-electron chi connectivity index (χ1n) is 8.07. The van der Waals surface area contributed by atoms with Crippen LogP contribution >= 0.6 is 0 Å². The zero-order valence-corrected chi connectivity index (χ0v) is 13.3. The number of carbonyl (C=O) groups excluding carboxylic acids is 1. The third-order valence-corrected chi connectivity index (χ3v) is 4.39. The lowest BCUT2D eigenvalue weighted by Crippen LogP contribution is -2.37. The van der Waals surface area contributed by atoms with Crippen molar-refractivity contribution in [2.75, 3.05) is 6.54 Å². The SMILES string of the molecule is Cc1ccc(C(=O)N2CCCCC[C@H]2c2ccncc2)c(=O)[nH]1. The highest BCUT2D eigenvalue weighted by Crippen LogP contribution is 2.30. The molecule has 1 saturated heterocycles. The van der Waals surface area contributed by atoms with E-state index in [2.05, 4.69) is 9.97 Å². The Labute approximate surface area is 135 Å². The summed E-state index contributed by atoms with van der Waals surface area (Å²) in [4.78, 5) is 33.7. The fraction of sp³-hybridized carbons (Fsp3) is 0.389. The van der Waals surface area contributed by atoms with Crippen molar-refractivity contribution in [3.63, 3.8) is 0 Å². The normalized spacial score (nSPS) is 18.5. The van der Waals surface area contributed by atoms with Crippen LogP contribution in [0.4, 0.5) is 0 Å². The molecule has 2 aromatic heterocycles. The van der Waals surface area contributed by atoms with E-state index in [1.807, 2.05) is 17.0 Å². The second kappa shape index (κ2) is 6.77. The molecule has 5 heteroatoms. The zero-order valence-electron chi connectivity index (χ0n) is 13.3. The summed E-state index contributed by atoms with van der Waals surface area (Å²) in [6, 6.07) is 7.32. The summed E-state index contributed by atoms with van der Waals surface area (Å²) in [6.45, 7) is 2.49. The van der Waals surface area contributed by atoms with Gasteiger partial charge in [-0.25, -0.2) is 0 Å². The molecular weight excluding hydrogens is 290 g/mol. The van der Waals surface area contributed by atoms with Crippen molar-refractivity contribution < 1.29 is 4.79 Å². The molecule has 1 N–H and O–H groups in total. The second-order valence-corrected chi connectivity index (χ2v) is 6.03. The third kappa shape index (κ3) is 3.33. The van der Waals surface area contributed by atoms with E-state index in [0.29, 0.717) is 6.54 Å². The highest BCUT2D eigenvalue weighted by molar-refractivity contribution is 5.94. The number of pyridine rings is 2. The quantitative estimate of drug-likeness (QED) is 0.927. The van der Waals surface area contributed by atoms with Gasteiger partial charge in [0.15, 0.2) is 0 Å². The minimum absolute atomic E-state index is 0.00806. The summed E-state index contributed by atoms with van der Waals surface area (Å²) in [5, 5.41) is 0. The molecule has 1 fully saturated rings. The van der Waals surface area contributed by atoms with Crippen molar-refractivity contribution in [1.29, 1.82) is 0 Å². The molecule has 1 amide bonds. The van der Waals surface area contributed by atoms with Gasteiger partial charge in [0.1, 0.15) is 5.56 Å². The minimum atomic E-state index is -0.312. The molecule has 0 unspecified atom stereocenters. The number of nitrogens with zero attached hydrogens (tertiary/aromatic N) is 2. The maximum Gasteiger partial charge on any atom is 0.260 e. The maximum absolute atomic E-state index is 13.0. The third-order valence-electron chi connectivity index (χ3n) is 4.39. The molecule has 1 atom stereocenters. The minimum Gasteiger partial charge on any atom is -0.331 e. The van der Waals surface area contributed by atoms with Gasteiger partial charge in [-0.15, -0.1) is 0 Å². The largest absolute Gasteiger partial charge is 0.331 e. The number of aromatic amines is 1. The summed E-state index contributed by atoms with van der Waals surface area (Å²) in [7, 11) is 0. The van der Waals surface area contributed by atoms with Gasteiger partial charge in [0.2, 0.25) is 0 Å². The first kappa shape index (κ1) is 15.5. The molecule has 3 rings (SSSR count). The summed E-state index contributed by atoms with van der Waals surface area (Å²) >= 11 is 0. The van der Waals surface area contributed by atoms with Crippen LogP contribution < -0.4 is 5.56 Å². The Morgan fingerprint density at radius 1 is 1.17 bits per heavy atom. The number of hydrogen-bond acceptors (Lipinski definition) is 3. The first-order valence-corrected chi connectivity index (χ1v) is 8.07. The maximum atomic E-state index is 13.0. The molecule has 0 radical (unpaired) electrons. The lowest BCUT2D eigenvalue weighted by molar-refractivity contribution is 0.0679. The zero-order chi connectivity index (χ0) is 16.2. The summed E-state index contributed by atoms with van der Waals surface area (Å²) in [6.07, 6.45) is 7.58. The van der Waals surface area contributed by atoms with Gasteiger partial charge in [-0.05, 0) is 49.6 Å². The molecule has 0 aliphatic carbocycles. The number of nitrogens with one attached hydrogen (secondary N) is 1. The average Bonchev–Trinajstić information content (AvgIpc) is 2.81. The number of amides is 1. The Hall–Kier alpha value is -2.43. The fourth-order valence-electron chi connectivity index (χ4n) is 3.18. The second-order valence-electron chi connectivity index (χ2n) is 6.03. The number of hydrogen-bond donors (Lipinski definition) is 1. The van der Waals surface area contributed by atoms with Crippen LogP contribution in [-0.4, -0.2) is 27.3 Å². The number of rotatable bonds is 2. The molecule has 23 heavy (non-hydrogen) atoms. The van der Waals surface area contributed by atoms with Crippen LogP contribution in [0.15, 0.2) is 41.5 Å². The van der Waals surface area contributed by atoms with Crippen molar-refractivity contribution in [2.24, 2.45) is 0 Å². The number of aryl methyl sites for hydroxylation is 1. The molecule has 5 nitrogen and oxygen atoms in total. The predicted octanol–water partition coefficient (Wildman–Crippen LogP) is 2.84. The summed E-state index contributed by atoms with van der Waals surface area (Å²) in [5.41, 5.74) is 1.75. The van der Waals surface area contributed by atoms with E-state index in [-0.39, 0.29) is 23.1 Å². The van der Waals surface area contributed by atoms with Crippen molar-refractivity contribution in [2.45, 2.75) is 38.6 Å². The molecule has 0 saturated carbocycles. The van der Waals surface area contributed by atoms with Crippen LogP contribution in [0.2, 0.25) is 0 Å². The topological polar surface area (TPSA) is 66.1 Å². The van der Waals surface area contributed by atoms with Gasteiger partial charge in [-0.3, -0.25) is 14.6 Å². The van der Waals surface area contributed by atoms with Gasteiger partial charge >= 0.3 is 0 Å². The number of aromatic nitrogens is 2. The number of H-pyrrole nitrogens is 1. The molecular formula is C18H21N3O2. The summed E-state index contributed by atoms with van der Waals surface area (Å²) in [5.74, 6) is -0.185. The Kier molecular flexibility index (Phi) is 4.55. The van der Waals surface area contributed by atoms with E-state index in [1.165, 1.54) is 0 Å². The molecule has 0 aromatic carbocycles. The monoisotopic (exact) mass is 311 g/mol. The van der Waals surface area contributed by atoms with Gasteiger partial charge < -0.3 is 9.88 Å². The van der Waals surface area contributed by atoms with Crippen LogP contribution in [0, 0.1) is 6.92 Å². The van der Waals surface area contributed by atoms with Gasteiger partial charge in [0, 0.05) is 24.6 Å². The van der Waals surface area contributed by atoms with Crippen LogP contribution in [0.1, 0.15) is 53.3 Å². The van der Waals surface area contributed by atoms with Crippen molar-refractivity contribution in [1.82, 2.24) is 14.9 Å². The van der Waals surface area contributed by atoms with E-state index < -0.39 is 0 Å². The highest BCUT2D eigenvalue weighted by Gasteiger charge is 2.28. The lowest BCUT2D eigenvalue weighted by Gasteiger charge is -2.30. The number of likely N-dealkylation sites (tertiary alicyclic amines) is 1. The van der Waals surface area contributed by atoms with E-state index >= 15 is 0 Å². The molecule has 1 aliphatic rings. The van der Waals surface area contributed by atoms with Gasteiger partial charge in [0.05, 0.1) is 6.04 Å². The first-order chi connectivity index (χ1) is 11.2. The highest BCUT2D eigenvalue weighted by atomic mass is 16.2. The van der Waals surface area contributed by atoms with Crippen LogP contribution in [0.3, 0.4) is 0 Å². The van der Waals surface area contributed by atoms with E-state index in [1.54, 1.807) is 31.5 Å². The van der Waals surface area contributed by atoms with Crippen molar-refractivity contribution in [3.05, 3.63) is 63.8 Å². The molecule has 120 valence electrons. The van der Waals surface area contributed by atoms with Gasteiger partial charge in [-0.2, -0.15) is 0 Å². The molecule has 2 aromatic rings. The average molecular weight is 311 g/mol. The van der Waals surface area contributed by atoms with Crippen LogP contribution in [-0.2, 0) is 0 Å². The van der Waals surface area contributed by atoms with Crippen LogP contribution in [0.5, 0.6) is 0 Å². The van der Waals surface area contributed by atoms with E-state index in [4.69, 9.17) is 0 Å². The summed E-state index contributed by atoms with van der Waals surface area (Å²) < 4.78 is 0. The Morgan fingerprint density at radius 3 is 2.70 bits per heavy atom.